The van der Waals surface area contributed by atoms with Gasteiger partial charge in [0.15, 0.2) is 5.69 Å². The Hall–Kier alpha value is -1.59. The van der Waals surface area contributed by atoms with Crippen molar-refractivity contribution < 1.29 is 9.90 Å². The third-order valence-corrected chi connectivity index (χ3v) is 2.46. The van der Waals surface area contributed by atoms with E-state index in [4.69, 9.17) is 16.7 Å². The highest BCUT2D eigenvalue weighted by Gasteiger charge is 2.16. The second-order valence-corrected chi connectivity index (χ2v) is 3.55. The lowest BCUT2D eigenvalue weighted by Crippen LogP contribution is -2.27. The molecule has 1 amide bonds. The summed E-state index contributed by atoms with van der Waals surface area (Å²) >= 11 is 6.02. The van der Waals surface area contributed by atoms with Crippen LogP contribution in [0.4, 0.5) is 0 Å². The maximum absolute atomic E-state index is 11.6. The van der Waals surface area contributed by atoms with E-state index in [1.54, 1.807) is 18.3 Å². The van der Waals surface area contributed by atoms with Crippen LogP contribution in [0.1, 0.15) is 10.5 Å². The van der Waals surface area contributed by atoms with Gasteiger partial charge in [-0.15, -0.1) is 0 Å². The monoisotopic (exact) mass is 239 g/mol. The Morgan fingerprint density at radius 2 is 2.38 bits per heavy atom. The topological polar surface area (TPSA) is 66.6 Å². The van der Waals surface area contributed by atoms with Crippen LogP contribution >= 0.6 is 11.6 Å². The number of hydrogen-bond donors (Lipinski definition) is 2. The lowest BCUT2D eigenvalue weighted by atomic mass is 10.3. The van der Waals surface area contributed by atoms with E-state index in [1.807, 2.05) is 6.07 Å². The Kier molecular flexibility index (Phi) is 3.07. The number of aliphatic hydroxyl groups is 1. The van der Waals surface area contributed by atoms with Gasteiger partial charge in [-0.1, -0.05) is 17.7 Å². The second-order valence-electron chi connectivity index (χ2n) is 3.17. The number of hydrogen-bond acceptors (Lipinski definition) is 3. The molecule has 2 rings (SSSR count). The number of aliphatic hydroxyl groups excluding tert-OH is 1. The fourth-order valence-electron chi connectivity index (χ4n) is 1.37. The Labute approximate surface area is 96.6 Å². The van der Waals surface area contributed by atoms with Gasteiger partial charge in [0.1, 0.15) is 0 Å². The lowest BCUT2D eigenvalue weighted by molar-refractivity contribution is 0.0939. The van der Waals surface area contributed by atoms with Gasteiger partial charge in [0.05, 0.1) is 17.1 Å². The summed E-state index contributed by atoms with van der Waals surface area (Å²) in [6.07, 6.45) is 1.71. The van der Waals surface area contributed by atoms with E-state index in [-0.39, 0.29) is 24.8 Å². The highest BCUT2D eigenvalue weighted by molar-refractivity contribution is 6.36. The molecule has 0 saturated heterocycles. The van der Waals surface area contributed by atoms with Gasteiger partial charge >= 0.3 is 0 Å². The fourth-order valence-corrected chi connectivity index (χ4v) is 1.64. The number of nitrogens with zero attached hydrogens (tertiary/aromatic N) is 2. The summed E-state index contributed by atoms with van der Waals surface area (Å²) in [5.74, 6) is -0.386. The van der Waals surface area contributed by atoms with Crippen molar-refractivity contribution >= 4 is 23.0 Å². The van der Waals surface area contributed by atoms with Crippen molar-refractivity contribution in [3.8, 4) is 0 Å². The maximum Gasteiger partial charge on any atom is 0.273 e. The molecule has 0 radical (unpaired) electrons. The predicted molar refractivity (Wildman–Crippen MR) is 59.6 cm³/mol. The lowest BCUT2D eigenvalue weighted by Gasteiger charge is -1.98. The van der Waals surface area contributed by atoms with E-state index < -0.39 is 0 Å². The highest BCUT2D eigenvalue weighted by atomic mass is 35.5. The molecule has 0 aliphatic carbocycles. The second kappa shape index (κ2) is 4.51. The van der Waals surface area contributed by atoms with Crippen molar-refractivity contribution in [2.75, 3.05) is 13.2 Å². The van der Waals surface area contributed by atoms with E-state index in [9.17, 15) is 4.79 Å². The van der Waals surface area contributed by atoms with E-state index in [0.29, 0.717) is 10.5 Å². The number of carbonyl (C=O) groups excluding carboxylic acids is 1. The molecule has 0 aliphatic heterocycles. The van der Waals surface area contributed by atoms with E-state index in [2.05, 4.69) is 10.4 Å². The van der Waals surface area contributed by atoms with Crippen molar-refractivity contribution in [2.24, 2.45) is 0 Å². The first-order chi connectivity index (χ1) is 7.74. The molecule has 84 valence electrons. The fraction of sp³-hybridized carbons (Fsp3) is 0.200. The minimum absolute atomic E-state index is 0.114. The largest absolute Gasteiger partial charge is 0.395 e. The van der Waals surface area contributed by atoms with Crippen LogP contribution in [0.25, 0.3) is 5.52 Å². The Morgan fingerprint density at radius 1 is 1.56 bits per heavy atom. The van der Waals surface area contributed by atoms with Crippen LogP contribution < -0.4 is 5.32 Å². The third kappa shape index (κ3) is 1.87. The summed E-state index contributed by atoms with van der Waals surface area (Å²) in [5.41, 5.74) is 0.847. The molecule has 2 aromatic heterocycles. The zero-order valence-corrected chi connectivity index (χ0v) is 9.11. The first-order valence-electron chi connectivity index (χ1n) is 4.76. The van der Waals surface area contributed by atoms with Gasteiger partial charge in [0, 0.05) is 12.7 Å². The number of nitrogens with one attached hydrogen (secondary N) is 1. The Balaban J connectivity index is 2.37. The van der Waals surface area contributed by atoms with E-state index in [0.717, 1.165) is 0 Å². The first kappa shape index (κ1) is 10.9. The van der Waals surface area contributed by atoms with Crippen molar-refractivity contribution in [1.82, 2.24) is 14.9 Å². The van der Waals surface area contributed by atoms with E-state index in [1.165, 1.54) is 4.52 Å². The van der Waals surface area contributed by atoms with Gasteiger partial charge in [0.25, 0.3) is 5.91 Å². The number of pyridine rings is 1. The molecule has 0 fully saturated rings. The van der Waals surface area contributed by atoms with Gasteiger partial charge < -0.3 is 10.4 Å². The molecule has 2 N–H and O–H groups in total. The molecule has 0 unspecified atom stereocenters. The summed E-state index contributed by atoms with van der Waals surface area (Å²) in [4.78, 5) is 11.6. The number of fused-ring (bicyclic) bond motifs is 1. The van der Waals surface area contributed by atoms with Crippen LogP contribution in [0.5, 0.6) is 0 Å². The van der Waals surface area contributed by atoms with Crippen LogP contribution in [0.15, 0.2) is 24.4 Å². The summed E-state index contributed by atoms with van der Waals surface area (Å²) in [6, 6.07) is 5.39. The molecule has 0 aliphatic rings. The zero-order chi connectivity index (χ0) is 11.5. The summed E-state index contributed by atoms with van der Waals surface area (Å²) in [5, 5.41) is 15.5. The van der Waals surface area contributed by atoms with Gasteiger partial charge in [-0.2, -0.15) is 5.10 Å². The summed E-state index contributed by atoms with van der Waals surface area (Å²) < 4.78 is 1.54. The molecular formula is C10H10ClN3O2. The average molecular weight is 240 g/mol. The normalized spacial score (nSPS) is 10.6. The maximum atomic E-state index is 11.6. The molecule has 5 nitrogen and oxygen atoms in total. The smallest absolute Gasteiger partial charge is 0.273 e. The minimum atomic E-state index is -0.386. The summed E-state index contributed by atoms with van der Waals surface area (Å²) in [6.45, 7) is 0.0692. The predicted octanol–water partition coefficient (Wildman–Crippen LogP) is 0.710. The average Bonchev–Trinajstić information content (AvgIpc) is 2.64. The van der Waals surface area contributed by atoms with Crippen molar-refractivity contribution in [1.29, 1.82) is 0 Å². The number of amides is 1. The van der Waals surface area contributed by atoms with Crippen LogP contribution in [-0.2, 0) is 0 Å². The highest BCUT2D eigenvalue weighted by Crippen LogP contribution is 2.21. The molecular weight excluding hydrogens is 230 g/mol. The Bertz CT molecular complexity index is 524. The van der Waals surface area contributed by atoms with Gasteiger partial charge in [-0.25, -0.2) is 4.52 Å². The molecule has 2 heterocycles. The quantitative estimate of drug-likeness (QED) is 0.829. The molecule has 0 aromatic carbocycles. The van der Waals surface area contributed by atoms with E-state index >= 15 is 0 Å². The van der Waals surface area contributed by atoms with Gasteiger partial charge in [-0.05, 0) is 12.1 Å². The zero-order valence-electron chi connectivity index (χ0n) is 8.35. The van der Waals surface area contributed by atoms with Crippen LogP contribution in [0.2, 0.25) is 5.02 Å². The van der Waals surface area contributed by atoms with Gasteiger partial charge in [0.2, 0.25) is 0 Å². The van der Waals surface area contributed by atoms with Crippen molar-refractivity contribution in [2.45, 2.75) is 0 Å². The number of carbonyl (C=O) groups is 1. The van der Waals surface area contributed by atoms with Crippen LogP contribution in [0.3, 0.4) is 0 Å². The molecule has 0 spiro atoms. The number of aromatic nitrogens is 2. The minimum Gasteiger partial charge on any atom is -0.395 e. The number of halogens is 1. The SMILES string of the molecule is O=C(NCCO)c1nn2ccccc2c1Cl. The Morgan fingerprint density at radius 3 is 3.06 bits per heavy atom. The molecule has 2 aromatic rings. The van der Waals surface area contributed by atoms with Crippen molar-refractivity contribution in [3.05, 3.63) is 35.1 Å². The third-order valence-electron chi connectivity index (χ3n) is 2.09. The molecule has 16 heavy (non-hydrogen) atoms. The standard InChI is InChI=1S/C10H10ClN3O2/c11-8-7-3-1-2-5-14(7)13-9(8)10(16)12-4-6-15/h1-3,5,15H,4,6H2,(H,12,16). The van der Waals surface area contributed by atoms with Crippen LogP contribution in [-0.4, -0.2) is 33.8 Å². The molecule has 0 atom stereocenters. The molecule has 0 saturated carbocycles. The van der Waals surface area contributed by atoms with Crippen molar-refractivity contribution in [3.63, 3.8) is 0 Å². The van der Waals surface area contributed by atoms with Gasteiger partial charge in [-0.3, -0.25) is 4.79 Å². The molecule has 6 heteroatoms. The molecule has 0 bridgehead atoms. The number of rotatable bonds is 3. The summed E-state index contributed by atoms with van der Waals surface area (Å²) in [7, 11) is 0. The first-order valence-corrected chi connectivity index (χ1v) is 5.13. The van der Waals surface area contributed by atoms with Crippen LogP contribution in [0, 0.1) is 0 Å².